The number of hydrogen-bond donors (Lipinski definition) is 2. The molecule has 2 aromatic rings. The van der Waals surface area contributed by atoms with Gasteiger partial charge in [-0.3, -0.25) is 19.4 Å². The summed E-state index contributed by atoms with van der Waals surface area (Å²) in [6, 6.07) is 3.86. The molecular formula is C17H24N6O2. The van der Waals surface area contributed by atoms with Crippen LogP contribution in [-0.4, -0.2) is 69.5 Å². The summed E-state index contributed by atoms with van der Waals surface area (Å²) in [4.78, 5) is 20.4. The molecule has 0 aromatic carbocycles. The molecule has 0 radical (unpaired) electrons. The van der Waals surface area contributed by atoms with E-state index in [1.807, 2.05) is 31.0 Å². The Morgan fingerprint density at radius 1 is 1.32 bits per heavy atom. The maximum absolute atomic E-state index is 12.3. The number of rotatable bonds is 4. The smallest absolute Gasteiger partial charge is 0.238 e. The number of aliphatic hydroxyl groups excluding tert-OH is 1. The molecule has 1 saturated heterocycles. The molecule has 1 aliphatic rings. The van der Waals surface area contributed by atoms with Gasteiger partial charge in [0, 0.05) is 51.3 Å². The predicted octanol–water partition coefficient (Wildman–Crippen LogP) is 0.245. The summed E-state index contributed by atoms with van der Waals surface area (Å²) >= 11 is 0. The largest absolute Gasteiger partial charge is 0.390 e. The minimum absolute atomic E-state index is 0.0966. The van der Waals surface area contributed by atoms with Gasteiger partial charge in [0.05, 0.1) is 30.2 Å². The first-order valence-electron chi connectivity index (χ1n) is 8.37. The number of amides is 1. The number of aryl methyl sites for hydroxylation is 1. The van der Waals surface area contributed by atoms with E-state index in [4.69, 9.17) is 0 Å². The quantitative estimate of drug-likeness (QED) is 0.827. The van der Waals surface area contributed by atoms with Crippen molar-refractivity contribution in [1.29, 1.82) is 0 Å². The normalized spacial score (nSPS) is 18.8. The number of anilines is 2. The summed E-state index contributed by atoms with van der Waals surface area (Å²) in [7, 11) is 1.84. The molecule has 134 valence electrons. The van der Waals surface area contributed by atoms with Crippen LogP contribution in [0.2, 0.25) is 0 Å². The monoisotopic (exact) mass is 344 g/mol. The maximum atomic E-state index is 12.3. The van der Waals surface area contributed by atoms with Gasteiger partial charge in [-0.2, -0.15) is 5.10 Å². The highest BCUT2D eigenvalue weighted by molar-refractivity contribution is 5.92. The lowest BCUT2D eigenvalue weighted by Crippen LogP contribution is -2.38. The second-order valence-corrected chi connectivity index (χ2v) is 6.36. The van der Waals surface area contributed by atoms with Crippen LogP contribution in [0.15, 0.2) is 30.7 Å². The van der Waals surface area contributed by atoms with E-state index in [0.717, 1.165) is 23.6 Å². The van der Waals surface area contributed by atoms with E-state index in [9.17, 15) is 9.90 Å². The van der Waals surface area contributed by atoms with Crippen LogP contribution in [-0.2, 0) is 11.8 Å². The van der Waals surface area contributed by atoms with Gasteiger partial charge in [0.1, 0.15) is 0 Å². The Morgan fingerprint density at radius 3 is 2.76 bits per heavy atom. The van der Waals surface area contributed by atoms with Crippen molar-refractivity contribution in [2.75, 3.05) is 42.9 Å². The van der Waals surface area contributed by atoms with Crippen LogP contribution in [0.25, 0.3) is 0 Å². The molecule has 2 aromatic heterocycles. The molecule has 0 bridgehead atoms. The van der Waals surface area contributed by atoms with Crippen molar-refractivity contribution in [3.8, 4) is 0 Å². The molecule has 8 heteroatoms. The van der Waals surface area contributed by atoms with Crippen molar-refractivity contribution >= 4 is 17.3 Å². The van der Waals surface area contributed by atoms with E-state index in [-0.39, 0.29) is 12.5 Å². The van der Waals surface area contributed by atoms with Crippen LogP contribution < -0.4 is 10.2 Å². The lowest BCUT2D eigenvalue weighted by molar-refractivity contribution is -0.117. The highest BCUT2D eigenvalue weighted by atomic mass is 16.3. The number of carbonyl (C=O) groups excluding carboxylic acids is 1. The third-order valence-corrected chi connectivity index (χ3v) is 4.49. The molecule has 25 heavy (non-hydrogen) atoms. The van der Waals surface area contributed by atoms with Crippen molar-refractivity contribution in [2.24, 2.45) is 7.05 Å². The van der Waals surface area contributed by atoms with Gasteiger partial charge in [-0.05, 0) is 19.1 Å². The molecule has 8 nitrogen and oxygen atoms in total. The third kappa shape index (κ3) is 4.34. The molecule has 2 N–H and O–H groups in total. The topological polar surface area (TPSA) is 86.5 Å². The number of hydrogen-bond acceptors (Lipinski definition) is 6. The number of nitrogens with one attached hydrogen (secondary N) is 1. The van der Waals surface area contributed by atoms with Crippen molar-refractivity contribution in [3.63, 3.8) is 0 Å². The van der Waals surface area contributed by atoms with Gasteiger partial charge >= 0.3 is 0 Å². The first kappa shape index (κ1) is 17.4. The van der Waals surface area contributed by atoms with E-state index in [1.165, 1.54) is 0 Å². The standard InChI is InChI=1S/C17H24N6O2/c1-13-16(9-19-21(13)2)20-17(25)12-22-7-8-23(11-15(24)10-22)14-3-5-18-6-4-14/h3-6,9,15,24H,7-8,10-12H2,1-2H3,(H,20,25). The zero-order chi connectivity index (χ0) is 17.8. The Labute approximate surface area is 147 Å². The van der Waals surface area contributed by atoms with Crippen molar-refractivity contribution < 1.29 is 9.90 Å². The summed E-state index contributed by atoms with van der Waals surface area (Å²) in [6.07, 6.45) is 4.63. The average Bonchev–Trinajstić information content (AvgIpc) is 2.80. The van der Waals surface area contributed by atoms with Gasteiger partial charge < -0.3 is 15.3 Å². The molecule has 0 saturated carbocycles. The molecule has 3 heterocycles. The van der Waals surface area contributed by atoms with Crippen LogP contribution in [0, 0.1) is 6.92 Å². The highest BCUT2D eigenvalue weighted by Gasteiger charge is 2.23. The van der Waals surface area contributed by atoms with Gasteiger partial charge in [0.2, 0.25) is 5.91 Å². The minimum Gasteiger partial charge on any atom is -0.390 e. The van der Waals surface area contributed by atoms with Gasteiger partial charge in [-0.15, -0.1) is 0 Å². The van der Waals surface area contributed by atoms with E-state index in [1.54, 1.807) is 23.3 Å². The Morgan fingerprint density at radius 2 is 2.08 bits per heavy atom. The first-order chi connectivity index (χ1) is 12.0. The molecule has 1 fully saturated rings. The molecular weight excluding hydrogens is 320 g/mol. The highest BCUT2D eigenvalue weighted by Crippen LogP contribution is 2.16. The van der Waals surface area contributed by atoms with Gasteiger partial charge in [-0.1, -0.05) is 0 Å². The van der Waals surface area contributed by atoms with Crippen LogP contribution in [0.1, 0.15) is 5.69 Å². The minimum atomic E-state index is -0.511. The SMILES string of the molecule is Cc1c(NC(=O)CN2CCN(c3ccncc3)CC(O)C2)cnn1C. The summed E-state index contributed by atoms with van der Waals surface area (Å²) in [5.74, 6) is -0.0966. The van der Waals surface area contributed by atoms with Crippen LogP contribution in [0.3, 0.4) is 0 Å². The van der Waals surface area contributed by atoms with E-state index >= 15 is 0 Å². The van der Waals surface area contributed by atoms with Crippen LogP contribution in [0.5, 0.6) is 0 Å². The fourth-order valence-electron chi connectivity index (χ4n) is 3.00. The fourth-order valence-corrected chi connectivity index (χ4v) is 3.00. The molecule has 0 spiro atoms. The van der Waals surface area contributed by atoms with Crippen LogP contribution >= 0.6 is 0 Å². The fraction of sp³-hybridized carbons (Fsp3) is 0.471. The summed E-state index contributed by atoms with van der Waals surface area (Å²) in [5.41, 5.74) is 2.67. The van der Waals surface area contributed by atoms with Crippen molar-refractivity contribution in [1.82, 2.24) is 19.7 Å². The summed E-state index contributed by atoms with van der Waals surface area (Å²) < 4.78 is 1.72. The Bertz CT molecular complexity index is 717. The van der Waals surface area contributed by atoms with Crippen molar-refractivity contribution in [3.05, 3.63) is 36.4 Å². The van der Waals surface area contributed by atoms with Gasteiger partial charge in [-0.25, -0.2) is 0 Å². The van der Waals surface area contributed by atoms with Gasteiger partial charge in [0.25, 0.3) is 0 Å². The Hall–Kier alpha value is -2.45. The number of pyridine rings is 1. The summed E-state index contributed by atoms with van der Waals surface area (Å²) in [6.45, 7) is 4.63. The molecule has 1 amide bonds. The number of aromatic nitrogens is 3. The number of nitrogens with zero attached hydrogens (tertiary/aromatic N) is 5. The molecule has 1 atom stereocenters. The lowest BCUT2D eigenvalue weighted by atomic mass is 10.3. The zero-order valence-corrected chi connectivity index (χ0v) is 14.6. The second kappa shape index (κ2) is 7.62. The van der Waals surface area contributed by atoms with E-state index in [0.29, 0.717) is 19.6 Å². The van der Waals surface area contributed by atoms with Crippen LogP contribution in [0.4, 0.5) is 11.4 Å². The second-order valence-electron chi connectivity index (χ2n) is 6.36. The zero-order valence-electron chi connectivity index (χ0n) is 14.6. The average molecular weight is 344 g/mol. The third-order valence-electron chi connectivity index (χ3n) is 4.49. The molecule has 1 unspecified atom stereocenters. The molecule has 0 aliphatic carbocycles. The van der Waals surface area contributed by atoms with E-state index < -0.39 is 6.10 Å². The Balaban J connectivity index is 1.58. The first-order valence-corrected chi connectivity index (χ1v) is 8.37. The predicted molar refractivity (Wildman–Crippen MR) is 95.5 cm³/mol. The maximum Gasteiger partial charge on any atom is 0.238 e. The van der Waals surface area contributed by atoms with Crippen molar-refractivity contribution in [2.45, 2.75) is 13.0 Å². The molecule has 1 aliphatic heterocycles. The lowest BCUT2D eigenvalue weighted by Gasteiger charge is -2.23. The summed E-state index contributed by atoms with van der Waals surface area (Å²) in [5, 5.41) is 17.3. The number of carbonyl (C=O) groups is 1. The number of β-amino-alcohol motifs (C(OH)–C–C–N with tert-alkyl or cyclic N) is 1. The molecule has 3 rings (SSSR count). The number of aliphatic hydroxyl groups is 1. The van der Waals surface area contributed by atoms with Gasteiger partial charge in [0.15, 0.2) is 0 Å². The Kier molecular flexibility index (Phi) is 5.30. The van der Waals surface area contributed by atoms with E-state index in [2.05, 4.69) is 20.3 Å².